The molecule has 2 saturated carbocycles. The molecule has 1 aliphatic heterocycles. The molecule has 0 aromatic rings. The summed E-state index contributed by atoms with van der Waals surface area (Å²) in [6.45, 7) is 12.8. The van der Waals surface area contributed by atoms with Gasteiger partial charge in [0.2, 0.25) is 0 Å². The van der Waals surface area contributed by atoms with Crippen molar-refractivity contribution in [3.8, 4) is 0 Å². The van der Waals surface area contributed by atoms with Gasteiger partial charge in [-0.15, -0.1) is 0 Å². The zero-order valence-corrected chi connectivity index (χ0v) is 18.6. The molecule has 3 rings (SSSR count). The first-order valence-corrected chi connectivity index (χ1v) is 12.0. The van der Waals surface area contributed by atoms with E-state index in [2.05, 4.69) is 32.6 Å². The highest BCUT2D eigenvalue weighted by atomic mass is 16.7. The quantitative estimate of drug-likeness (QED) is 0.479. The standard InChI is InChI=1S/C24H45NO2/c1-5-14-23(3,4)20-11-15-24(16-12-20)26-19-22(27-24)13-18-25(17-6-2)21-9-7-8-10-21/h20-22H,5-19H2,1-4H3. The van der Waals surface area contributed by atoms with E-state index in [1.54, 1.807) is 0 Å². The van der Waals surface area contributed by atoms with Gasteiger partial charge in [-0.3, -0.25) is 0 Å². The minimum Gasteiger partial charge on any atom is -0.347 e. The summed E-state index contributed by atoms with van der Waals surface area (Å²) < 4.78 is 12.8. The van der Waals surface area contributed by atoms with Gasteiger partial charge in [0.1, 0.15) is 0 Å². The minimum atomic E-state index is -0.244. The van der Waals surface area contributed by atoms with Gasteiger partial charge in [0.05, 0.1) is 12.7 Å². The van der Waals surface area contributed by atoms with E-state index in [0.29, 0.717) is 11.5 Å². The van der Waals surface area contributed by atoms with E-state index in [-0.39, 0.29) is 5.79 Å². The Hall–Kier alpha value is -0.120. The largest absolute Gasteiger partial charge is 0.347 e. The Balaban J connectivity index is 1.44. The first-order chi connectivity index (χ1) is 13.0. The summed E-state index contributed by atoms with van der Waals surface area (Å²) >= 11 is 0. The molecule has 3 fully saturated rings. The molecule has 1 atom stereocenters. The number of hydrogen-bond acceptors (Lipinski definition) is 3. The molecule has 0 radical (unpaired) electrons. The first-order valence-electron chi connectivity index (χ1n) is 12.0. The fourth-order valence-corrected chi connectivity index (χ4v) is 6.05. The van der Waals surface area contributed by atoms with Crippen LogP contribution in [0.1, 0.15) is 105 Å². The van der Waals surface area contributed by atoms with E-state index in [4.69, 9.17) is 9.47 Å². The summed E-state index contributed by atoms with van der Waals surface area (Å²) in [5.74, 6) is 0.587. The molecule has 1 heterocycles. The minimum absolute atomic E-state index is 0.244. The maximum atomic E-state index is 6.55. The van der Waals surface area contributed by atoms with Crippen molar-refractivity contribution in [2.45, 2.75) is 123 Å². The van der Waals surface area contributed by atoms with Crippen LogP contribution < -0.4 is 0 Å². The summed E-state index contributed by atoms with van der Waals surface area (Å²) in [5, 5.41) is 0. The Kier molecular flexibility index (Phi) is 7.66. The van der Waals surface area contributed by atoms with Crippen molar-refractivity contribution >= 4 is 0 Å². The highest BCUT2D eigenvalue weighted by molar-refractivity contribution is 4.90. The van der Waals surface area contributed by atoms with E-state index < -0.39 is 0 Å². The smallest absolute Gasteiger partial charge is 0.168 e. The van der Waals surface area contributed by atoms with Crippen molar-refractivity contribution in [3.63, 3.8) is 0 Å². The van der Waals surface area contributed by atoms with Crippen molar-refractivity contribution < 1.29 is 9.47 Å². The average molecular weight is 380 g/mol. The summed E-state index contributed by atoms with van der Waals surface area (Å²) in [5.41, 5.74) is 0.469. The molecule has 0 bridgehead atoms. The highest BCUT2D eigenvalue weighted by Crippen LogP contribution is 2.47. The molecule has 1 unspecified atom stereocenters. The predicted molar refractivity (Wildman–Crippen MR) is 113 cm³/mol. The van der Waals surface area contributed by atoms with E-state index in [9.17, 15) is 0 Å². The van der Waals surface area contributed by atoms with Gasteiger partial charge in [-0.25, -0.2) is 0 Å². The Morgan fingerprint density at radius 3 is 2.30 bits per heavy atom. The van der Waals surface area contributed by atoms with Crippen LogP contribution in [0.4, 0.5) is 0 Å². The third-order valence-corrected chi connectivity index (χ3v) is 7.75. The van der Waals surface area contributed by atoms with E-state index in [1.807, 2.05) is 0 Å². The van der Waals surface area contributed by atoms with Crippen LogP contribution in [0.3, 0.4) is 0 Å². The lowest BCUT2D eigenvalue weighted by Gasteiger charge is -2.42. The SMILES string of the molecule is CCCN(CCC1COC2(CCC(C(C)(C)CCC)CC2)O1)C1CCCC1. The van der Waals surface area contributed by atoms with E-state index in [1.165, 1.54) is 70.9 Å². The van der Waals surface area contributed by atoms with Crippen molar-refractivity contribution in [3.05, 3.63) is 0 Å². The molecule has 1 saturated heterocycles. The van der Waals surface area contributed by atoms with Gasteiger partial charge >= 0.3 is 0 Å². The molecule has 2 aliphatic carbocycles. The van der Waals surface area contributed by atoms with Crippen LogP contribution in [0.25, 0.3) is 0 Å². The second-order valence-corrected chi connectivity index (χ2v) is 10.2. The van der Waals surface area contributed by atoms with Crippen LogP contribution in [0, 0.1) is 11.3 Å². The van der Waals surface area contributed by atoms with Gasteiger partial charge in [0.25, 0.3) is 0 Å². The summed E-state index contributed by atoms with van der Waals surface area (Å²) in [7, 11) is 0. The Morgan fingerprint density at radius 2 is 1.67 bits per heavy atom. The molecule has 3 heteroatoms. The summed E-state index contributed by atoms with van der Waals surface area (Å²) in [4.78, 5) is 2.74. The monoisotopic (exact) mass is 379 g/mol. The van der Waals surface area contributed by atoms with Crippen LogP contribution in [0.5, 0.6) is 0 Å². The molecule has 1 spiro atoms. The Labute approximate surface area is 168 Å². The van der Waals surface area contributed by atoms with Gasteiger partial charge in [-0.2, -0.15) is 0 Å². The van der Waals surface area contributed by atoms with Crippen LogP contribution >= 0.6 is 0 Å². The fraction of sp³-hybridized carbons (Fsp3) is 1.00. The average Bonchev–Trinajstić information content (AvgIpc) is 3.30. The normalized spacial score (nSPS) is 32.8. The molecule has 0 N–H and O–H groups in total. The lowest BCUT2D eigenvalue weighted by Crippen LogP contribution is -2.40. The molecule has 3 nitrogen and oxygen atoms in total. The molecular weight excluding hydrogens is 334 g/mol. The third-order valence-electron chi connectivity index (χ3n) is 7.75. The second-order valence-electron chi connectivity index (χ2n) is 10.2. The zero-order chi connectivity index (χ0) is 19.3. The zero-order valence-electron chi connectivity index (χ0n) is 18.6. The molecule has 0 amide bonds. The van der Waals surface area contributed by atoms with Gasteiger partial charge in [0.15, 0.2) is 5.79 Å². The number of nitrogens with zero attached hydrogens (tertiary/aromatic N) is 1. The number of rotatable bonds is 9. The van der Waals surface area contributed by atoms with Crippen LogP contribution in [0.15, 0.2) is 0 Å². The van der Waals surface area contributed by atoms with Crippen molar-refractivity contribution in [2.75, 3.05) is 19.7 Å². The van der Waals surface area contributed by atoms with Crippen molar-refractivity contribution in [2.24, 2.45) is 11.3 Å². The third kappa shape index (κ3) is 5.48. The first kappa shape index (κ1) is 21.6. The highest BCUT2D eigenvalue weighted by Gasteiger charge is 2.46. The Bertz CT molecular complexity index is 436. The van der Waals surface area contributed by atoms with E-state index in [0.717, 1.165) is 37.8 Å². The lowest BCUT2D eigenvalue weighted by molar-refractivity contribution is -0.197. The molecule has 0 aromatic carbocycles. The maximum absolute atomic E-state index is 6.55. The molecule has 158 valence electrons. The van der Waals surface area contributed by atoms with Gasteiger partial charge < -0.3 is 14.4 Å². The lowest BCUT2D eigenvalue weighted by atomic mass is 9.68. The maximum Gasteiger partial charge on any atom is 0.168 e. The van der Waals surface area contributed by atoms with Crippen LogP contribution in [-0.4, -0.2) is 42.5 Å². The summed E-state index contributed by atoms with van der Waals surface area (Å²) in [6, 6.07) is 0.831. The predicted octanol–water partition coefficient (Wildman–Crippen LogP) is 6.16. The van der Waals surface area contributed by atoms with E-state index >= 15 is 0 Å². The second kappa shape index (κ2) is 9.59. The van der Waals surface area contributed by atoms with Crippen LogP contribution in [0.2, 0.25) is 0 Å². The van der Waals surface area contributed by atoms with Crippen molar-refractivity contribution in [1.29, 1.82) is 0 Å². The molecule has 0 aromatic heterocycles. The molecule has 3 aliphatic rings. The van der Waals surface area contributed by atoms with Gasteiger partial charge in [-0.05, 0) is 62.8 Å². The Morgan fingerprint density at radius 1 is 0.963 bits per heavy atom. The molecular formula is C24H45NO2. The van der Waals surface area contributed by atoms with Crippen LogP contribution in [-0.2, 0) is 9.47 Å². The number of ether oxygens (including phenoxy) is 2. The van der Waals surface area contributed by atoms with Gasteiger partial charge in [0, 0.05) is 25.4 Å². The summed E-state index contributed by atoms with van der Waals surface area (Å²) in [6.07, 6.45) is 15.7. The molecule has 27 heavy (non-hydrogen) atoms. The van der Waals surface area contributed by atoms with Crippen molar-refractivity contribution in [1.82, 2.24) is 4.90 Å². The number of hydrogen-bond donors (Lipinski definition) is 0. The topological polar surface area (TPSA) is 21.7 Å². The fourth-order valence-electron chi connectivity index (χ4n) is 6.05. The van der Waals surface area contributed by atoms with Gasteiger partial charge in [-0.1, -0.05) is 47.0 Å².